The lowest BCUT2D eigenvalue weighted by molar-refractivity contribution is 0.477. The number of hydrogen-bond donors (Lipinski definition) is 1. The molecule has 1 N–H and O–H groups in total. The van der Waals surface area contributed by atoms with Gasteiger partial charge >= 0.3 is 0 Å². The van der Waals surface area contributed by atoms with E-state index in [2.05, 4.69) is 4.72 Å². The van der Waals surface area contributed by atoms with E-state index in [4.69, 9.17) is 23.2 Å². The van der Waals surface area contributed by atoms with E-state index in [0.717, 1.165) is 12.8 Å². The number of halogens is 2. The average Bonchev–Trinajstić information content (AvgIpc) is 3.12. The summed E-state index contributed by atoms with van der Waals surface area (Å²) < 4.78 is 54.3. The van der Waals surface area contributed by atoms with E-state index >= 15 is 0 Å². The number of hydrogen-bond acceptors (Lipinski definition) is 4. The van der Waals surface area contributed by atoms with Gasteiger partial charge in [0.05, 0.1) is 15.7 Å². The van der Waals surface area contributed by atoms with Gasteiger partial charge < -0.3 is 0 Å². The normalized spacial score (nSPS) is 15.9. The summed E-state index contributed by atoms with van der Waals surface area (Å²) in [6.45, 7) is 0.850. The van der Waals surface area contributed by atoms with E-state index in [1.54, 1.807) is 12.1 Å². The minimum Gasteiger partial charge on any atom is -0.280 e. The van der Waals surface area contributed by atoms with Crippen LogP contribution in [-0.4, -0.2) is 34.2 Å². The number of nitrogens with zero attached hydrogens (tertiary/aromatic N) is 1. The van der Waals surface area contributed by atoms with Crippen LogP contribution in [0.1, 0.15) is 12.8 Å². The maximum absolute atomic E-state index is 12.7. The standard InChI is InChI=1S/C16H16Cl2N2O4S2/c17-13-5-1-2-6-15(13)25(21,22)19-12-7-8-14(18)16(11-12)26(23,24)20-9-3-4-10-20/h1-2,5-8,11,19H,3-4,9-10H2. The van der Waals surface area contributed by atoms with Gasteiger partial charge in [-0.05, 0) is 43.2 Å². The minimum absolute atomic E-state index is 0.0394. The highest BCUT2D eigenvalue weighted by atomic mass is 35.5. The third-order valence-corrected chi connectivity index (χ3v) is 8.25. The summed E-state index contributed by atoms with van der Waals surface area (Å²) in [6, 6.07) is 9.97. The molecule has 0 amide bonds. The fourth-order valence-corrected chi connectivity index (χ4v) is 6.29. The number of anilines is 1. The molecule has 2 aromatic carbocycles. The number of rotatable bonds is 5. The van der Waals surface area contributed by atoms with Crippen molar-refractivity contribution in [3.63, 3.8) is 0 Å². The average molecular weight is 435 g/mol. The first kappa shape index (κ1) is 19.4. The first-order chi connectivity index (χ1) is 12.2. The smallest absolute Gasteiger partial charge is 0.263 e. The molecule has 26 heavy (non-hydrogen) atoms. The summed E-state index contributed by atoms with van der Waals surface area (Å²) in [5.74, 6) is 0. The molecule has 0 atom stereocenters. The van der Waals surface area contributed by atoms with Crippen LogP contribution in [0.4, 0.5) is 5.69 Å². The molecule has 1 fully saturated rings. The molecule has 2 aromatic rings. The van der Waals surface area contributed by atoms with Crippen molar-refractivity contribution in [2.24, 2.45) is 0 Å². The van der Waals surface area contributed by atoms with Crippen LogP contribution in [0.2, 0.25) is 10.0 Å². The quantitative estimate of drug-likeness (QED) is 0.778. The largest absolute Gasteiger partial charge is 0.280 e. The summed E-state index contributed by atoms with van der Waals surface area (Å²) >= 11 is 12.0. The Bertz CT molecular complexity index is 1030. The number of benzene rings is 2. The van der Waals surface area contributed by atoms with Gasteiger partial charge in [-0.2, -0.15) is 4.31 Å². The Morgan fingerprint density at radius 1 is 0.846 bits per heavy atom. The van der Waals surface area contributed by atoms with E-state index in [1.165, 1.54) is 34.6 Å². The summed E-state index contributed by atoms with van der Waals surface area (Å²) in [4.78, 5) is -0.221. The zero-order chi connectivity index (χ0) is 18.9. The molecule has 140 valence electrons. The molecule has 0 radical (unpaired) electrons. The van der Waals surface area contributed by atoms with Crippen molar-refractivity contribution in [2.45, 2.75) is 22.6 Å². The van der Waals surface area contributed by atoms with Gasteiger partial charge in [-0.25, -0.2) is 16.8 Å². The van der Waals surface area contributed by atoms with Crippen LogP contribution in [-0.2, 0) is 20.0 Å². The lowest BCUT2D eigenvalue weighted by atomic mass is 10.3. The van der Waals surface area contributed by atoms with E-state index in [-0.39, 0.29) is 25.5 Å². The van der Waals surface area contributed by atoms with Crippen molar-refractivity contribution in [3.8, 4) is 0 Å². The molecule has 0 unspecified atom stereocenters. The van der Waals surface area contributed by atoms with E-state index < -0.39 is 20.0 Å². The van der Waals surface area contributed by atoms with Crippen LogP contribution in [0.5, 0.6) is 0 Å². The topological polar surface area (TPSA) is 83.5 Å². The van der Waals surface area contributed by atoms with Crippen LogP contribution in [0.15, 0.2) is 52.3 Å². The molecule has 1 saturated heterocycles. The van der Waals surface area contributed by atoms with Gasteiger partial charge in [0.25, 0.3) is 10.0 Å². The second-order valence-corrected chi connectivity index (χ2v) is 10.2. The van der Waals surface area contributed by atoms with Crippen LogP contribution in [0, 0.1) is 0 Å². The van der Waals surface area contributed by atoms with Crippen LogP contribution in [0.3, 0.4) is 0 Å². The van der Waals surface area contributed by atoms with Gasteiger partial charge in [0, 0.05) is 13.1 Å². The maximum atomic E-state index is 12.7. The van der Waals surface area contributed by atoms with Crippen molar-refractivity contribution in [1.29, 1.82) is 0 Å². The van der Waals surface area contributed by atoms with Crippen LogP contribution < -0.4 is 4.72 Å². The summed E-state index contributed by atoms with van der Waals surface area (Å²) in [5, 5.41) is 0.108. The Balaban J connectivity index is 1.97. The SMILES string of the molecule is O=S(=O)(Nc1ccc(Cl)c(S(=O)(=O)N2CCCC2)c1)c1ccccc1Cl. The maximum Gasteiger partial charge on any atom is 0.263 e. The van der Waals surface area contributed by atoms with Crippen molar-refractivity contribution >= 4 is 48.9 Å². The van der Waals surface area contributed by atoms with Crippen molar-refractivity contribution in [2.75, 3.05) is 17.8 Å². The Kier molecular flexibility index (Phi) is 5.50. The molecule has 0 saturated carbocycles. The fraction of sp³-hybridized carbons (Fsp3) is 0.250. The fourth-order valence-electron chi connectivity index (χ4n) is 2.70. The molecule has 1 heterocycles. The predicted octanol–water partition coefficient (Wildman–Crippen LogP) is 3.58. The molecule has 1 aliphatic rings. The van der Waals surface area contributed by atoms with E-state index in [0.29, 0.717) is 13.1 Å². The highest BCUT2D eigenvalue weighted by Crippen LogP contribution is 2.31. The van der Waals surface area contributed by atoms with Gasteiger partial charge in [-0.3, -0.25) is 4.72 Å². The number of sulfonamides is 2. The zero-order valence-corrected chi connectivity index (χ0v) is 16.7. The Morgan fingerprint density at radius 2 is 1.46 bits per heavy atom. The van der Waals surface area contributed by atoms with E-state index in [1.807, 2.05) is 0 Å². The molecule has 0 aromatic heterocycles. The third kappa shape index (κ3) is 3.84. The Morgan fingerprint density at radius 3 is 2.12 bits per heavy atom. The molecule has 0 spiro atoms. The zero-order valence-electron chi connectivity index (χ0n) is 13.5. The lowest BCUT2D eigenvalue weighted by Crippen LogP contribution is -2.28. The molecule has 1 aliphatic heterocycles. The summed E-state index contributed by atoms with van der Waals surface area (Å²) in [6.07, 6.45) is 1.57. The Hall–Kier alpha value is -1.32. The first-order valence-corrected chi connectivity index (χ1v) is 11.5. The van der Waals surface area contributed by atoms with Gasteiger partial charge in [0.15, 0.2) is 0 Å². The van der Waals surface area contributed by atoms with Crippen molar-refractivity contribution in [3.05, 3.63) is 52.5 Å². The number of nitrogens with one attached hydrogen (secondary N) is 1. The van der Waals surface area contributed by atoms with Crippen molar-refractivity contribution < 1.29 is 16.8 Å². The molecule has 6 nitrogen and oxygen atoms in total. The summed E-state index contributed by atoms with van der Waals surface area (Å²) in [5.41, 5.74) is 0.0899. The van der Waals surface area contributed by atoms with Crippen LogP contribution >= 0.6 is 23.2 Å². The van der Waals surface area contributed by atoms with Gasteiger partial charge in [-0.1, -0.05) is 35.3 Å². The first-order valence-electron chi connectivity index (χ1n) is 7.79. The second-order valence-electron chi connectivity index (χ2n) is 5.79. The van der Waals surface area contributed by atoms with Gasteiger partial charge in [-0.15, -0.1) is 0 Å². The van der Waals surface area contributed by atoms with Gasteiger partial charge in [0.2, 0.25) is 10.0 Å². The molecular formula is C16H16Cl2N2O4S2. The molecule has 0 aliphatic carbocycles. The van der Waals surface area contributed by atoms with Gasteiger partial charge in [0.1, 0.15) is 9.79 Å². The highest BCUT2D eigenvalue weighted by molar-refractivity contribution is 7.93. The summed E-state index contributed by atoms with van der Waals surface area (Å²) in [7, 11) is -7.75. The lowest BCUT2D eigenvalue weighted by Gasteiger charge is -2.17. The second kappa shape index (κ2) is 7.36. The highest BCUT2D eigenvalue weighted by Gasteiger charge is 2.29. The third-order valence-electron chi connectivity index (χ3n) is 3.99. The molecule has 10 heteroatoms. The molecule has 0 bridgehead atoms. The monoisotopic (exact) mass is 434 g/mol. The molecule has 3 rings (SSSR count). The minimum atomic E-state index is -3.97. The van der Waals surface area contributed by atoms with Crippen LogP contribution in [0.25, 0.3) is 0 Å². The van der Waals surface area contributed by atoms with E-state index in [9.17, 15) is 16.8 Å². The van der Waals surface area contributed by atoms with Crippen molar-refractivity contribution in [1.82, 2.24) is 4.31 Å². The Labute approximate surface area is 162 Å². The predicted molar refractivity (Wildman–Crippen MR) is 102 cm³/mol. The molecular weight excluding hydrogens is 419 g/mol.